The summed E-state index contributed by atoms with van der Waals surface area (Å²) in [5, 5.41) is 3.27. The SMILES string of the molecule is COc1ccc(CCNC2OC(=O)c3ccccc32)cc1. The quantitative estimate of drug-likeness (QED) is 0.857. The number of hydrogen-bond donors (Lipinski definition) is 1. The number of ether oxygens (including phenoxy) is 2. The molecule has 0 fully saturated rings. The number of cyclic esters (lactones) is 1. The zero-order valence-corrected chi connectivity index (χ0v) is 11.8. The van der Waals surface area contributed by atoms with Gasteiger partial charge in [0.25, 0.3) is 0 Å². The van der Waals surface area contributed by atoms with Crippen LogP contribution < -0.4 is 10.1 Å². The molecule has 0 radical (unpaired) electrons. The van der Waals surface area contributed by atoms with Crippen molar-refractivity contribution in [3.05, 3.63) is 65.2 Å². The predicted octanol–water partition coefficient (Wildman–Crippen LogP) is 2.70. The van der Waals surface area contributed by atoms with Crippen molar-refractivity contribution in [3.8, 4) is 5.75 Å². The molecule has 4 heteroatoms. The van der Waals surface area contributed by atoms with Gasteiger partial charge in [-0.25, -0.2) is 4.79 Å². The first-order valence-corrected chi connectivity index (χ1v) is 6.94. The van der Waals surface area contributed by atoms with Crippen molar-refractivity contribution in [3.63, 3.8) is 0 Å². The third-order valence-corrected chi connectivity index (χ3v) is 3.59. The topological polar surface area (TPSA) is 47.6 Å². The standard InChI is InChI=1S/C17H17NO3/c1-20-13-8-6-12(7-9-13)10-11-18-16-14-4-2-3-5-15(14)17(19)21-16/h2-9,16,18H,10-11H2,1H3. The average Bonchev–Trinajstić information content (AvgIpc) is 2.85. The maximum atomic E-state index is 11.7. The lowest BCUT2D eigenvalue weighted by Crippen LogP contribution is -2.23. The van der Waals surface area contributed by atoms with Crippen LogP contribution in [0.2, 0.25) is 0 Å². The Morgan fingerprint density at radius 1 is 1.14 bits per heavy atom. The molecule has 0 aliphatic carbocycles. The molecule has 2 aromatic carbocycles. The molecular weight excluding hydrogens is 266 g/mol. The zero-order chi connectivity index (χ0) is 14.7. The maximum absolute atomic E-state index is 11.7. The summed E-state index contributed by atoms with van der Waals surface area (Å²) in [6, 6.07) is 15.4. The van der Waals surface area contributed by atoms with Crippen LogP contribution in [-0.4, -0.2) is 19.6 Å². The van der Waals surface area contributed by atoms with Crippen LogP contribution in [0.25, 0.3) is 0 Å². The summed E-state index contributed by atoms with van der Waals surface area (Å²) < 4.78 is 10.5. The van der Waals surface area contributed by atoms with Crippen molar-refractivity contribution < 1.29 is 14.3 Å². The highest BCUT2D eigenvalue weighted by atomic mass is 16.6. The number of hydrogen-bond acceptors (Lipinski definition) is 4. The van der Waals surface area contributed by atoms with E-state index in [4.69, 9.17) is 9.47 Å². The van der Waals surface area contributed by atoms with E-state index >= 15 is 0 Å². The number of carbonyl (C=O) groups is 1. The molecule has 21 heavy (non-hydrogen) atoms. The number of fused-ring (bicyclic) bond motifs is 1. The van der Waals surface area contributed by atoms with Gasteiger partial charge in [-0.05, 0) is 30.2 Å². The monoisotopic (exact) mass is 283 g/mol. The lowest BCUT2D eigenvalue weighted by molar-refractivity contribution is 0.0310. The predicted molar refractivity (Wildman–Crippen MR) is 79.3 cm³/mol. The van der Waals surface area contributed by atoms with E-state index in [2.05, 4.69) is 5.32 Å². The maximum Gasteiger partial charge on any atom is 0.340 e. The second-order valence-electron chi connectivity index (χ2n) is 4.92. The molecule has 0 bridgehead atoms. The summed E-state index contributed by atoms with van der Waals surface area (Å²) >= 11 is 0. The van der Waals surface area contributed by atoms with E-state index in [-0.39, 0.29) is 12.2 Å². The summed E-state index contributed by atoms with van der Waals surface area (Å²) in [6.45, 7) is 0.735. The Hall–Kier alpha value is -2.33. The summed E-state index contributed by atoms with van der Waals surface area (Å²) in [4.78, 5) is 11.7. The van der Waals surface area contributed by atoms with Gasteiger partial charge in [-0.15, -0.1) is 0 Å². The third-order valence-electron chi connectivity index (χ3n) is 3.59. The molecule has 1 heterocycles. The lowest BCUT2D eigenvalue weighted by atomic mass is 10.1. The van der Waals surface area contributed by atoms with Gasteiger partial charge in [0.15, 0.2) is 6.23 Å². The molecule has 108 valence electrons. The van der Waals surface area contributed by atoms with Crippen LogP contribution in [0.4, 0.5) is 0 Å². The van der Waals surface area contributed by atoms with Crippen LogP contribution in [0.1, 0.15) is 27.7 Å². The molecule has 0 amide bonds. The van der Waals surface area contributed by atoms with Crippen LogP contribution in [0.15, 0.2) is 48.5 Å². The number of esters is 1. The molecule has 4 nitrogen and oxygen atoms in total. The van der Waals surface area contributed by atoms with Gasteiger partial charge in [-0.2, -0.15) is 0 Å². The molecule has 0 spiro atoms. The average molecular weight is 283 g/mol. The highest BCUT2D eigenvalue weighted by Gasteiger charge is 2.29. The first kappa shape index (κ1) is 13.6. The minimum Gasteiger partial charge on any atom is -0.497 e. The number of carbonyl (C=O) groups excluding carboxylic acids is 1. The van der Waals surface area contributed by atoms with Crippen LogP contribution in [0.3, 0.4) is 0 Å². The molecule has 0 aromatic heterocycles. The molecule has 3 rings (SSSR count). The number of benzene rings is 2. The van der Waals surface area contributed by atoms with Crippen molar-refractivity contribution in [2.24, 2.45) is 0 Å². The Balaban J connectivity index is 1.57. The van der Waals surface area contributed by atoms with E-state index in [1.807, 2.05) is 42.5 Å². The van der Waals surface area contributed by atoms with Gasteiger partial charge >= 0.3 is 5.97 Å². The van der Waals surface area contributed by atoms with E-state index < -0.39 is 0 Å². The van der Waals surface area contributed by atoms with Crippen molar-refractivity contribution in [1.82, 2.24) is 5.32 Å². The van der Waals surface area contributed by atoms with Crippen molar-refractivity contribution >= 4 is 5.97 Å². The van der Waals surface area contributed by atoms with E-state index in [0.29, 0.717) is 5.56 Å². The summed E-state index contributed by atoms with van der Waals surface area (Å²) in [6.07, 6.45) is 0.521. The van der Waals surface area contributed by atoms with E-state index in [0.717, 1.165) is 24.3 Å². The molecule has 2 aromatic rings. The number of nitrogens with one attached hydrogen (secondary N) is 1. The van der Waals surface area contributed by atoms with Crippen molar-refractivity contribution in [2.45, 2.75) is 12.6 Å². The minimum absolute atomic E-state index is 0.257. The second-order valence-corrected chi connectivity index (χ2v) is 4.92. The van der Waals surface area contributed by atoms with Crippen molar-refractivity contribution in [1.29, 1.82) is 0 Å². The van der Waals surface area contributed by atoms with E-state index in [9.17, 15) is 4.79 Å². The molecule has 0 saturated heterocycles. The van der Waals surface area contributed by atoms with E-state index in [1.165, 1.54) is 5.56 Å². The Kier molecular flexibility index (Phi) is 3.88. The molecular formula is C17H17NO3. The number of methoxy groups -OCH3 is 1. The van der Waals surface area contributed by atoms with Gasteiger partial charge in [0.05, 0.1) is 12.7 Å². The van der Waals surface area contributed by atoms with Gasteiger partial charge in [-0.3, -0.25) is 5.32 Å². The Morgan fingerprint density at radius 2 is 1.90 bits per heavy atom. The van der Waals surface area contributed by atoms with Crippen LogP contribution in [0, 0.1) is 0 Å². The molecule has 0 saturated carbocycles. The first-order valence-electron chi connectivity index (χ1n) is 6.94. The fourth-order valence-electron chi connectivity index (χ4n) is 2.44. The minimum atomic E-state index is -0.341. The van der Waals surface area contributed by atoms with Crippen LogP contribution >= 0.6 is 0 Å². The van der Waals surface area contributed by atoms with Crippen LogP contribution in [0.5, 0.6) is 5.75 Å². The largest absolute Gasteiger partial charge is 0.497 e. The van der Waals surface area contributed by atoms with Crippen molar-refractivity contribution in [2.75, 3.05) is 13.7 Å². The first-order chi connectivity index (χ1) is 10.3. The van der Waals surface area contributed by atoms with Gasteiger partial charge in [0.2, 0.25) is 0 Å². The van der Waals surface area contributed by atoms with Gasteiger partial charge in [0.1, 0.15) is 5.75 Å². The molecule has 1 aliphatic heterocycles. The highest BCUT2D eigenvalue weighted by Crippen LogP contribution is 2.28. The van der Waals surface area contributed by atoms with Crippen LogP contribution in [-0.2, 0) is 11.2 Å². The fraction of sp³-hybridized carbons (Fsp3) is 0.235. The van der Waals surface area contributed by atoms with Gasteiger partial charge < -0.3 is 9.47 Å². The van der Waals surface area contributed by atoms with Gasteiger partial charge in [0, 0.05) is 12.1 Å². The third kappa shape index (κ3) is 2.90. The lowest BCUT2D eigenvalue weighted by Gasteiger charge is -2.13. The number of rotatable bonds is 5. The second kappa shape index (κ2) is 5.97. The Morgan fingerprint density at radius 3 is 2.67 bits per heavy atom. The molecule has 1 atom stereocenters. The molecule has 1 aliphatic rings. The van der Waals surface area contributed by atoms with E-state index in [1.54, 1.807) is 13.2 Å². The highest BCUT2D eigenvalue weighted by molar-refractivity contribution is 5.93. The molecule has 1 N–H and O–H groups in total. The fourth-order valence-corrected chi connectivity index (χ4v) is 2.44. The Labute approximate surface area is 123 Å². The summed E-state index contributed by atoms with van der Waals surface area (Å²) in [7, 11) is 1.66. The summed E-state index contributed by atoms with van der Waals surface area (Å²) in [5.41, 5.74) is 2.78. The van der Waals surface area contributed by atoms with Gasteiger partial charge in [-0.1, -0.05) is 30.3 Å². The smallest absolute Gasteiger partial charge is 0.340 e. The normalized spacial score (nSPS) is 16.4. The summed E-state index contributed by atoms with van der Waals surface area (Å²) in [5.74, 6) is 0.595. The zero-order valence-electron chi connectivity index (χ0n) is 11.8. The molecule has 1 unspecified atom stereocenters. The Bertz CT molecular complexity index is 637.